The molecule has 2 aromatic carbocycles. The SMILES string of the molecule is ClCc1c(-c2ccc3ccccc3c2)nc2ccccn12. The van der Waals surface area contributed by atoms with Gasteiger partial charge in [0, 0.05) is 11.8 Å². The molecule has 0 aliphatic carbocycles. The lowest BCUT2D eigenvalue weighted by molar-refractivity contribution is 1.09. The van der Waals surface area contributed by atoms with Gasteiger partial charge in [-0.05, 0) is 29.0 Å². The number of halogens is 1. The Balaban J connectivity index is 1.99. The lowest BCUT2D eigenvalue weighted by Crippen LogP contribution is -1.90. The first-order valence-corrected chi connectivity index (χ1v) is 7.41. The third kappa shape index (κ3) is 1.99. The van der Waals surface area contributed by atoms with Crippen LogP contribution >= 0.6 is 11.6 Å². The molecule has 2 aromatic heterocycles. The van der Waals surface area contributed by atoms with Gasteiger partial charge < -0.3 is 4.40 Å². The maximum atomic E-state index is 6.16. The van der Waals surface area contributed by atoms with Crippen LogP contribution < -0.4 is 0 Å². The summed E-state index contributed by atoms with van der Waals surface area (Å²) in [4.78, 5) is 4.74. The van der Waals surface area contributed by atoms with E-state index in [1.54, 1.807) is 0 Å². The monoisotopic (exact) mass is 292 g/mol. The smallest absolute Gasteiger partial charge is 0.137 e. The number of hydrogen-bond donors (Lipinski definition) is 0. The summed E-state index contributed by atoms with van der Waals surface area (Å²) in [5.41, 5.74) is 4.02. The zero-order valence-corrected chi connectivity index (χ0v) is 12.1. The normalized spacial score (nSPS) is 11.3. The van der Waals surface area contributed by atoms with Gasteiger partial charge in [0.1, 0.15) is 5.65 Å². The fourth-order valence-electron chi connectivity index (χ4n) is 2.74. The van der Waals surface area contributed by atoms with Crippen molar-refractivity contribution in [3.63, 3.8) is 0 Å². The Morgan fingerprint density at radius 3 is 2.57 bits per heavy atom. The minimum atomic E-state index is 0.438. The topological polar surface area (TPSA) is 17.3 Å². The van der Waals surface area contributed by atoms with Gasteiger partial charge in [0.2, 0.25) is 0 Å². The molecule has 0 saturated heterocycles. The van der Waals surface area contributed by atoms with Crippen molar-refractivity contribution in [1.82, 2.24) is 9.38 Å². The van der Waals surface area contributed by atoms with E-state index in [0.29, 0.717) is 5.88 Å². The van der Waals surface area contributed by atoms with Gasteiger partial charge in [0.25, 0.3) is 0 Å². The lowest BCUT2D eigenvalue weighted by atomic mass is 10.0. The zero-order chi connectivity index (χ0) is 14.2. The van der Waals surface area contributed by atoms with Gasteiger partial charge >= 0.3 is 0 Å². The molecule has 0 radical (unpaired) electrons. The number of benzene rings is 2. The summed E-state index contributed by atoms with van der Waals surface area (Å²) < 4.78 is 2.05. The summed E-state index contributed by atoms with van der Waals surface area (Å²) >= 11 is 6.16. The minimum Gasteiger partial charge on any atom is -0.302 e. The molecule has 0 fully saturated rings. The van der Waals surface area contributed by atoms with E-state index in [4.69, 9.17) is 16.6 Å². The van der Waals surface area contributed by atoms with E-state index in [1.165, 1.54) is 10.8 Å². The number of hydrogen-bond acceptors (Lipinski definition) is 1. The first-order valence-electron chi connectivity index (χ1n) is 6.88. The average molecular weight is 293 g/mol. The van der Waals surface area contributed by atoms with Crippen molar-refractivity contribution < 1.29 is 0 Å². The molecule has 102 valence electrons. The molecule has 0 bridgehead atoms. The summed E-state index contributed by atoms with van der Waals surface area (Å²) in [5, 5.41) is 2.45. The molecular weight excluding hydrogens is 280 g/mol. The van der Waals surface area contributed by atoms with Crippen LogP contribution in [0.3, 0.4) is 0 Å². The zero-order valence-electron chi connectivity index (χ0n) is 11.3. The maximum absolute atomic E-state index is 6.16. The van der Waals surface area contributed by atoms with Gasteiger partial charge in [-0.1, -0.05) is 42.5 Å². The molecule has 0 aliphatic rings. The average Bonchev–Trinajstić information content (AvgIpc) is 2.93. The highest BCUT2D eigenvalue weighted by atomic mass is 35.5. The summed E-state index contributed by atoms with van der Waals surface area (Å²) in [6.07, 6.45) is 2.00. The van der Waals surface area contributed by atoms with Crippen LogP contribution in [0.5, 0.6) is 0 Å². The van der Waals surface area contributed by atoms with Gasteiger partial charge in [-0.2, -0.15) is 0 Å². The number of imidazole rings is 1. The Labute approximate surface area is 127 Å². The third-order valence-electron chi connectivity index (χ3n) is 3.78. The number of pyridine rings is 1. The molecule has 0 spiro atoms. The predicted octanol–water partition coefficient (Wildman–Crippen LogP) is 4.89. The Bertz CT molecular complexity index is 940. The second kappa shape index (κ2) is 4.90. The van der Waals surface area contributed by atoms with E-state index in [-0.39, 0.29) is 0 Å². The lowest BCUT2D eigenvalue weighted by Gasteiger charge is -2.03. The summed E-state index contributed by atoms with van der Waals surface area (Å²) in [7, 11) is 0. The van der Waals surface area contributed by atoms with Crippen molar-refractivity contribution in [3.05, 3.63) is 72.6 Å². The molecule has 2 heterocycles. The van der Waals surface area contributed by atoms with Crippen molar-refractivity contribution in [1.29, 1.82) is 0 Å². The largest absolute Gasteiger partial charge is 0.302 e. The van der Waals surface area contributed by atoms with Crippen LogP contribution in [0, 0.1) is 0 Å². The maximum Gasteiger partial charge on any atom is 0.137 e. The van der Waals surface area contributed by atoms with E-state index in [2.05, 4.69) is 46.9 Å². The van der Waals surface area contributed by atoms with Crippen LogP contribution in [-0.2, 0) is 5.88 Å². The molecule has 0 atom stereocenters. The van der Waals surface area contributed by atoms with Crippen LogP contribution in [0.15, 0.2) is 66.9 Å². The Kier molecular flexibility index (Phi) is 2.90. The first kappa shape index (κ1) is 12.4. The minimum absolute atomic E-state index is 0.438. The van der Waals surface area contributed by atoms with Gasteiger partial charge in [0.05, 0.1) is 17.3 Å². The first-order chi connectivity index (χ1) is 10.4. The number of aromatic nitrogens is 2. The van der Waals surface area contributed by atoms with E-state index < -0.39 is 0 Å². The van der Waals surface area contributed by atoms with E-state index in [9.17, 15) is 0 Å². The highest BCUT2D eigenvalue weighted by Crippen LogP contribution is 2.28. The summed E-state index contributed by atoms with van der Waals surface area (Å²) in [6.45, 7) is 0. The summed E-state index contributed by atoms with van der Waals surface area (Å²) in [5.74, 6) is 0.438. The predicted molar refractivity (Wildman–Crippen MR) is 87.7 cm³/mol. The van der Waals surface area contributed by atoms with Crippen LogP contribution in [-0.4, -0.2) is 9.38 Å². The molecular formula is C18H13ClN2. The summed E-state index contributed by atoms with van der Waals surface area (Å²) in [6, 6.07) is 20.7. The molecule has 0 N–H and O–H groups in total. The molecule has 4 aromatic rings. The number of nitrogens with zero attached hydrogens (tertiary/aromatic N) is 2. The fraction of sp³-hybridized carbons (Fsp3) is 0.0556. The standard InChI is InChI=1S/C18H13ClN2/c19-12-16-18(20-17-7-3-4-10-21(16)17)15-9-8-13-5-1-2-6-14(13)11-15/h1-11H,12H2. The Hall–Kier alpha value is -2.32. The second-order valence-electron chi connectivity index (χ2n) is 5.03. The van der Waals surface area contributed by atoms with Crippen LogP contribution in [0.4, 0.5) is 0 Å². The van der Waals surface area contributed by atoms with Gasteiger partial charge in [-0.15, -0.1) is 11.6 Å². The molecule has 21 heavy (non-hydrogen) atoms. The molecule has 0 unspecified atom stereocenters. The molecule has 2 nitrogen and oxygen atoms in total. The van der Waals surface area contributed by atoms with E-state index in [0.717, 1.165) is 22.6 Å². The molecule has 0 amide bonds. The quantitative estimate of drug-likeness (QED) is 0.481. The van der Waals surface area contributed by atoms with Crippen molar-refractivity contribution in [2.45, 2.75) is 5.88 Å². The molecule has 0 saturated carbocycles. The highest BCUT2D eigenvalue weighted by Gasteiger charge is 2.13. The molecule has 3 heteroatoms. The van der Waals surface area contributed by atoms with Crippen molar-refractivity contribution >= 4 is 28.0 Å². The Morgan fingerprint density at radius 2 is 1.71 bits per heavy atom. The van der Waals surface area contributed by atoms with Gasteiger partial charge in [-0.3, -0.25) is 0 Å². The van der Waals surface area contributed by atoms with E-state index in [1.807, 2.05) is 24.4 Å². The highest BCUT2D eigenvalue weighted by molar-refractivity contribution is 6.17. The van der Waals surface area contributed by atoms with Gasteiger partial charge in [0.15, 0.2) is 0 Å². The Morgan fingerprint density at radius 1 is 0.905 bits per heavy atom. The second-order valence-corrected chi connectivity index (χ2v) is 5.30. The van der Waals surface area contributed by atoms with Crippen molar-refractivity contribution in [2.24, 2.45) is 0 Å². The van der Waals surface area contributed by atoms with Gasteiger partial charge in [-0.25, -0.2) is 4.98 Å². The molecule has 4 rings (SSSR count). The molecule has 0 aliphatic heterocycles. The number of fused-ring (bicyclic) bond motifs is 2. The fourth-order valence-corrected chi connectivity index (χ4v) is 3.00. The van der Waals surface area contributed by atoms with Crippen LogP contribution in [0.25, 0.3) is 27.7 Å². The van der Waals surface area contributed by atoms with Crippen LogP contribution in [0.2, 0.25) is 0 Å². The van der Waals surface area contributed by atoms with Crippen molar-refractivity contribution in [2.75, 3.05) is 0 Å². The van der Waals surface area contributed by atoms with E-state index >= 15 is 0 Å². The third-order valence-corrected chi connectivity index (χ3v) is 4.03. The van der Waals surface area contributed by atoms with Crippen molar-refractivity contribution in [3.8, 4) is 11.3 Å². The number of rotatable bonds is 2. The number of alkyl halides is 1. The van der Waals surface area contributed by atoms with Crippen LogP contribution in [0.1, 0.15) is 5.69 Å².